The van der Waals surface area contributed by atoms with Crippen molar-refractivity contribution in [1.29, 1.82) is 0 Å². The van der Waals surface area contributed by atoms with Gasteiger partial charge < -0.3 is 15.5 Å². The van der Waals surface area contributed by atoms with E-state index in [9.17, 15) is 10.2 Å². The van der Waals surface area contributed by atoms with Gasteiger partial charge in [0.25, 0.3) is 0 Å². The molecule has 0 aromatic heterocycles. The first kappa shape index (κ1) is 14.9. The van der Waals surface area contributed by atoms with Crippen LogP contribution in [-0.4, -0.2) is 34.5 Å². The van der Waals surface area contributed by atoms with Gasteiger partial charge in [-0.15, -0.1) is 0 Å². The Bertz CT molecular complexity index is 218. The number of aliphatic hydroxyl groups is 2. The SMILES string of the molecule is CC(C)C(C)(O)CNCC1(O)CCCCCC1. The fourth-order valence-corrected chi connectivity index (χ4v) is 2.32. The zero-order chi connectivity index (χ0) is 12.9. The maximum Gasteiger partial charge on any atom is 0.0771 e. The normalized spacial score (nSPS) is 24.4. The second-order valence-electron chi connectivity index (χ2n) is 6.25. The minimum absolute atomic E-state index is 0.221. The molecule has 17 heavy (non-hydrogen) atoms. The summed E-state index contributed by atoms with van der Waals surface area (Å²) >= 11 is 0. The Morgan fingerprint density at radius 3 is 2.18 bits per heavy atom. The van der Waals surface area contributed by atoms with E-state index in [0.29, 0.717) is 13.1 Å². The highest BCUT2D eigenvalue weighted by molar-refractivity contribution is 4.86. The Morgan fingerprint density at radius 1 is 1.18 bits per heavy atom. The Morgan fingerprint density at radius 2 is 1.71 bits per heavy atom. The van der Waals surface area contributed by atoms with Gasteiger partial charge in [0.15, 0.2) is 0 Å². The van der Waals surface area contributed by atoms with Crippen molar-refractivity contribution in [3.63, 3.8) is 0 Å². The molecule has 1 atom stereocenters. The van der Waals surface area contributed by atoms with Crippen LogP contribution in [0.1, 0.15) is 59.3 Å². The molecule has 1 unspecified atom stereocenters. The summed E-state index contributed by atoms with van der Waals surface area (Å²) < 4.78 is 0. The van der Waals surface area contributed by atoms with Crippen LogP contribution in [0.5, 0.6) is 0 Å². The minimum Gasteiger partial charge on any atom is -0.389 e. The van der Waals surface area contributed by atoms with Crippen molar-refractivity contribution in [2.75, 3.05) is 13.1 Å². The molecule has 3 nitrogen and oxygen atoms in total. The molecule has 0 heterocycles. The zero-order valence-corrected chi connectivity index (χ0v) is 11.6. The van der Waals surface area contributed by atoms with Crippen LogP contribution in [0, 0.1) is 5.92 Å². The van der Waals surface area contributed by atoms with Gasteiger partial charge in [0.05, 0.1) is 11.2 Å². The van der Waals surface area contributed by atoms with Gasteiger partial charge in [-0.2, -0.15) is 0 Å². The monoisotopic (exact) mass is 243 g/mol. The molecule has 0 aromatic carbocycles. The van der Waals surface area contributed by atoms with Crippen LogP contribution in [0.4, 0.5) is 0 Å². The van der Waals surface area contributed by atoms with E-state index >= 15 is 0 Å². The van der Waals surface area contributed by atoms with Crippen LogP contribution < -0.4 is 5.32 Å². The van der Waals surface area contributed by atoms with Gasteiger partial charge in [0, 0.05) is 13.1 Å². The molecule has 1 aliphatic carbocycles. The number of nitrogens with one attached hydrogen (secondary N) is 1. The molecule has 0 bridgehead atoms. The highest BCUT2D eigenvalue weighted by Crippen LogP contribution is 2.26. The first-order valence-electron chi connectivity index (χ1n) is 7.01. The summed E-state index contributed by atoms with van der Waals surface area (Å²) in [6.45, 7) is 7.04. The van der Waals surface area contributed by atoms with Crippen LogP contribution in [-0.2, 0) is 0 Å². The molecule has 0 aliphatic heterocycles. The quantitative estimate of drug-likeness (QED) is 0.648. The maximum atomic E-state index is 10.4. The van der Waals surface area contributed by atoms with Gasteiger partial charge >= 0.3 is 0 Å². The summed E-state index contributed by atoms with van der Waals surface area (Å²) in [5.41, 5.74) is -1.25. The van der Waals surface area contributed by atoms with E-state index in [1.165, 1.54) is 12.8 Å². The molecule has 0 aromatic rings. The van der Waals surface area contributed by atoms with Gasteiger partial charge in [-0.3, -0.25) is 0 Å². The van der Waals surface area contributed by atoms with Gasteiger partial charge in [-0.1, -0.05) is 39.5 Å². The predicted molar refractivity (Wildman–Crippen MR) is 71.0 cm³/mol. The lowest BCUT2D eigenvalue weighted by molar-refractivity contribution is -0.00517. The van der Waals surface area contributed by atoms with Crippen molar-refractivity contribution < 1.29 is 10.2 Å². The fourth-order valence-electron chi connectivity index (χ4n) is 2.32. The van der Waals surface area contributed by atoms with Gasteiger partial charge in [0.2, 0.25) is 0 Å². The second-order valence-corrected chi connectivity index (χ2v) is 6.25. The highest BCUT2D eigenvalue weighted by atomic mass is 16.3. The smallest absolute Gasteiger partial charge is 0.0771 e. The summed E-state index contributed by atoms with van der Waals surface area (Å²) in [5, 5.41) is 23.8. The van der Waals surface area contributed by atoms with Crippen molar-refractivity contribution in [2.45, 2.75) is 70.5 Å². The number of rotatable bonds is 5. The van der Waals surface area contributed by atoms with Gasteiger partial charge in [-0.05, 0) is 25.7 Å². The lowest BCUT2D eigenvalue weighted by Crippen LogP contribution is -2.48. The van der Waals surface area contributed by atoms with Crippen LogP contribution in [0.25, 0.3) is 0 Å². The molecule has 102 valence electrons. The van der Waals surface area contributed by atoms with Crippen LogP contribution in [0.2, 0.25) is 0 Å². The van der Waals surface area contributed by atoms with Crippen molar-refractivity contribution in [2.24, 2.45) is 5.92 Å². The fraction of sp³-hybridized carbons (Fsp3) is 1.00. The third-order valence-corrected chi connectivity index (χ3v) is 4.22. The van der Waals surface area contributed by atoms with E-state index in [4.69, 9.17) is 0 Å². The molecular formula is C14H29NO2. The molecule has 3 N–H and O–H groups in total. The lowest BCUT2D eigenvalue weighted by Gasteiger charge is -2.32. The van der Waals surface area contributed by atoms with E-state index in [0.717, 1.165) is 25.7 Å². The Labute approximate surface area is 106 Å². The average molecular weight is 243 g/mol. The summed E-state index contributed by atoms with van der Waals surface area (Å²) in [5.74, 6) is 0.221. The molecule has 0 spiro atoms. The van der Waals surface area contributed by atoms with E-state index in [1.54, 1.807) is 0 Å². The molecule has 0 saturated heterocycles. The summed E-state index contributed by atoms with van der Waals surface area (Å²) in [7, 11) is 0. The zero-order valence-electron chi connectivity index (χ0n) is 11.6. The van der Waals surface area contributed by atoms with Crippen LogP contribution >= 0.6 is 0 Å². The van der Waals surface area contributed by atoms with E-state index < -0.39 is 11.2 Å². The van der Waals surface area contributed by atoms with E-state index in [-0.39, 0.29) is 5.92 Å². The van der Waals surface area contributed by atoms with Crippen molar-refractivity contribution in [3.05, 3.63) is 0 Å². The van der Waals surface area contributed by atoms with E-state index in [1.807, 2.05) is 20.8 Å². The van der Waals surface area contributed by atoms with Crippen LogP contribution in [0.3, 0.4) is 0 Å². The largest absolute Gasteiger partial charge is 0.389 e. The topological polar surface area (TPSA) is 52.5 Å². The Balaban J connectivity index is 2.34. The van der Waals surface area contributed by atoms with Crippen molar-refractivity contribution >= 4 is 0 Å². The van der Waals surface area contributed by atoms with E-state index in [2.05, 4.69) is 5.32 Å². The Kier molecular flexibility index (Phi) is 5.42. The first-order chi connectivity index (χ1) is 7.86. The maximum absolute atomic E-state index is 10.4. The molecular weight excluding hydrogens is 214 g/mol. The average Bonchev–Trinajstić information content (AvgIpc) is 2.43. The van der Waals surface area contributed by atoms with Gasteiger partial charge in [-0.25, -0.2) is 0 Å². The summed E-state index contributed by atoms with van der Waals surface area (Å²) in [4.78, 5) is 0. The molecule has 0 amide bonds. The molecule has 1 rings (SSSR count). The molecule has 1 aliphatic rings. The molecule has 3 heteroatoms. The Hall–Kier alpha value is -0.120. The minimum atomic E-state index is -0.693. The summed E-state index contributed by atoms with van der Waals surface area (Å²) in [6.07, 6.45) is 6.52. The van der Waals surface area contributed by atoms with Crippen LogP contribution in [0.15, 0.2) is 0 Å². The van der Waals surface area contributed by atoms with Gasteiger partial charge in [0.1, 0.15) is 0 Å². The standard InChI is InChI=1S/C14H29NO2/c1-12(2)13(3,16)10-15-11-14(17)8-6-4-5-7-9-14/h12,15-17H,4-11H2,1-3H3. The number of hydrogen-bond donors (Lipinski definition) is 3. The first-order valence-corrected chi connectivity index (χ1v) is 7.01. The third kappa shape index (κ3) is 4.94. The van der Waals surface area contributed by atoms with Crippen molar-refractivity contribution in [3.8, 4) is 0 Å². The van der Waals surface area contributed by atoms with Crippen molar-refractivity contribution in [1.82, 2.24) is 5.32 Å². The lowest BCUT2D eigenvalue weighted by atomic mass is 9.91. The third-order valence-electron chi connectivity index (χ3n) is 4.22. The number of hydrogen-bond acceptors (Lipinski definition) is 3. The highest BCUT2D eigenvalue weighted by Gasteiger charge is 2.30. The molecule has 1 saturated carbocycles. The molecule has 0 radical (unpaired) electrons. The molecule has 1 fully saturated rings. The summed E-state index contributed by atoms with van der Waals surface area (Å²) in [6, 6.07) is 0. The second kappa shape index (κ2) is 6.17. The predicted octanol–water partition coefficient (Wildman–Crippen LogP) is 2.07.